The van der Waals surface area contributed by atoms with Gasteiger partial charge in [-0.25, -0.2) is 9.48 Å². The minimum Gasteiger partial charge on any atom is -0.383 e. The number of hydrogen-bond donors (Lipinski definition) is 2. The number of rotatable bonds is 8. The summed E-state index contributed by atoms with van der Waals surface area (Å²) in [7, 11) is 0. The Morgan fingerprint density at radius 3 is 2.39 bits per heavy atom. The van der Waals surface area contributed by atoms with Gasteiger partial charge in [0.2, 0.25) is 0 Å². The molecule has 0 fully saturated rings. The molecule has 0 bridgehead atoms. The third-order valence-corrected chi connectivity index (χ3v) is 5.38. The van der Waals surface area contributed by atoms with E-state index in [9.17, 15) is 14.4 Å². The van der Waals surface area contributed by atoms with Crippen LogP contribution in [-0.2, 0) is 6.54 Å². The van der Waals surface area contributed by atoms with E-state index in [1.807, 2.05) is 57.5 Å². The van der Waals surface area contributed by atoms with Crippen LogP contribution < -0.4 is 21.9 Å². The number of aryl methyl sites for hydroxylation is 2. The van der Waals surface area contributed by atoms with Crippen molar-refractivity contribution in [1.82, 2.24) is 19.3 Å². The van der Waals surface area contributed by atoms with E-state index in [2.05, 4.69) is 10.1 Å². The molecular formula is C24H32N6O3. The topological polar surface area (TPSA) is 119 Å². The first kappa shape index (κ1) is 24.0. The molecule has 0 aliphatic heterocycles. The summed E-state index contributed by atoms with van der Waals surface area (Å²) in [5, 5.41) is 4.47. The van der Waals surface area contributed by atoms with Crippen molar-refractivity contribution in [2.45, 2.75) is 54.0 Å². The number of aromatic nitrogens is 4. The Morgan fingerprint density at radius 1 is 1.18 bits per heavy atom. The Morgan fingerprint density at radius 2 is 1.85 bits per heavy atom. The zero-order valence-corrected chi connectivity index (χ0v) is 19.9. The zero-order chi connectivity index (χ0) is 24.3. The molecule has 9 nitrogen and oxygen atoms in total. The van der Waals surface area contributed by atoms with Gasteiger partial charge >= 0.3 is 5.69 Å². The molecule has 0 spiro atoms. The molecule has 9 heteroatoms. The van der Waals surface area contributed by atoms with Crippen molar-refractivity contribution in [3.63, 3.8) is 0 Å². The van der Waals surface area contributed by atoms with Crippen molar-refractivity contribution in [2.75, 3.05) is 17.2 Å². The summed E-state index contributed by atoms with van der Waals surface area (Å²) in [6, 6.07) is 9.03. The summed E-state index contributed by atoms with van der Waals surface area (Å²) < 4.78 is 3.13. The number of H-pyrrole nitrogens is 1. The van der Waals surface area contributed by atoms with E-state index >= 15 is 0 Å². The van der Waals surface area contributed by atoms with Crippen molar-refractivity contribution in [2.24, 2.45) is 5.92 Å². The van der Waals surface area contributed by atoms with Crippen LogP contribution >= 0.6 is 0 Å². The van der Waals surface area contributed by atoms with Gasteiger partial charge in [0.1, 0.15) is 5.82 Å². The molecule has 176 valence electrons. The van der Waals surface area contributed by atoms with Gasteiger partial charge in [-0.2, -0.15) is 5.10 Å². The second kappa shape index (κ2) is 9.89. The van der Waals surface area contributed by atoms with E-state index in [0.717, 1.165) is 23.5 Å². The van der Waals surface area contributed by atoms with Crippen LogP contribution in [-0.4, -0.2) is 31.8 Å². The van der Waals surface area contributed by atoms with Crippen LogP contribution in [0.5, 0.6) is 0 Å². The molecule has 0 saturated heterocycles. The Kier molecular flexibility index (Phi) is 7.20. The van der Waals surface area contributed by atoms with Crippen LogP contribution in [0.2, 0.25) is 0 Å². The summed E-state index contributed by atoms with van der Waals surface area (Å²) in [6.45, 7) is 10.4. The van der Waals surface area contributed by atoms with E-state index in [0.29, 0.717) is 25.1 Å². The standard InChI is InChI=1S/C24H32N6O3/c1-6-7-12-28(20-21(25)29(14-15(2)3)24(33)26-22(20)31)23(32)18-8-10-19(11-9-18)30-17(5)13-16(4)27-30/h8-11,13,15H,6-7,12,14,25H2,1-5H3,(H,26,31,33). The molecule has 0 radical (unpaired) electrons. The van der Waals surface area contributed by atoms with Crippen molar-refractivity contribution in [3.8, 4) is 5.69 Å². The third-order valence-electron chi connectivity index (χ3n) is 5.38. The van der Waals surface area contributed by atoms with Crippen molar-refractivity contribution in [1.29, 1.82) is 0 Å². The molecule has 0 atom stereocenters. The van der Waals surface area contributed by atoms with Crippen molar-refractivity contribution >= 4 is 17.4 Å². The van der Waals surface area contributed by atoms with Crippen LogP contribution in [0.1, 0.15) is 55.4 Å². The highest BCUT2D eigenvalue weighted by Crippen LogP contribution is 2.22. The number of unbranched alkanes of at least 4 members (excludes halogenated alkanes) is 1. The lowest BCUT2D eigenvalue weighted by Crippen LogP contribution is -2.42. The number of benzene rings is 1. The molecule has 1 aromatic carbocycles. The van der Waals surface area contributed by atoms with Gasteiger partial charge in [0.25, 0.3) is 11.5 Å². The first-order chi connectivity index (χ1) is 15.6. The minimum absolute atomic E-state index is 0.00108. The monoisotopic (exact) mass is 452 g/mol. The fourth-order valence-corrected chi connectivity index (χ4v) is 3.81. The SMILES string of the molecule is CCCCN(C(=O)c1ccc(-n2nc(C)cc2C)cc1)c1c(N)n(CC(C)C)c(=O)[nH]c1=O. The fraction of sp³-hybridized carbons (Fsp3) is 0.417. The van der Waals surface area contributed by atoms with Crippen LogP contribution in [0.25, 0.3) is 5.69 Å². The Balaban J connectivity index is 2.03. The molecule has 0 aliphatic rings. The first-order valence-corrected chi connectivity index (χ1v) is 11.2. The number of anilines is 2. The van der Waals surface area contributed by atoms with E-state index in [1.165, 1.54) is 9.47 Å². The van der Waals surface area contributed by atoms with Crippen LogP contribution in [0.4, 0.5) is 11.5 Å². The fourth-order valence-electron chi connectivity index (χ4n) is 3.81. The molecule has 1 amide bonds. The van der Waals surface area contributed by atoms with Gasteiger partial charge in [0, 0.05) is 24.3 Å². The van der Waals surface area contributed by atoms with Crippen LogP contribution in [0, 0.1) is 19.8 Å². The summed E-state index contributed by atoms with van der Waals surface area (Å²) in [5.41, 5.74) is 8.19. The Labute approximate surface area is 192 Å². The molecule has 2 aromatic heterocycles. The van der Waals surface area contributed by atoms with Crippen molar-refractivity contribution < 1.29 is 4.79 Å². The second-order valence-corrected chi connectivity index (χ2v) is 8.69. The summed E-state index contributed by atoms with van der Waals surface area (Å²) in [6.07, 6.45) is 1.50. The largest absolute Gasteiger partial charge is 0.383 e. The number of amides is 1. The molecule has 3 aromatic rings. The van der Waals surface area contributed by atoms with E-state index in [1.54, 1.807) is 12.1 Å². The lowest BCUT2D eigenvalue weighted by atomic mass is 10.1. The third kappa shape index (κ3) is 5.08. The van der Waals surface area contributed by atoms with E-state index < -0.39 is 11.2 Å². The van der Waals surface area contributed by atoms with Gasteiger partial charge in [-0.05, 0) is 56.5 Å². The van der Waals surface area contributed by atoms with Crippen LogP contribution in [0.15, 0.2) is 39.9 Å². The lowest BCUT2D eigenvalue weighted by Gasteiger charge is -2.25. The van der Waals surface area contributed by atoms with Gasteiger partial charge in [-0.15, -0.1) is 0 Å². The molecule has 0 unspecified atom stereocenters. The van der Waals surface area contributed by atoms with E-state index in [4.69, 9.17) is 5.73 Å². The van der Waals surface area contributed by atoms with Gasteiger partial charge < -0.3 is 10.6 Å². The maximum atomic E-state index is 13.5. The van der Waals surface area contributed by atoms with Gasteiger partial charge in [0.05, 0.1) is 11.4 Å². The number of aromatic amines is 1. The van der Waals surface area contributed by atoms with Gasteiger partial charge in [-0.1, -0.05) is 27.2 Å². The van der Waals surface area contributed by atoms with Gasteiger partial charge in [-0.3, -0.25) is 19.1 Å². The summed E-state index contributed by atoms with van der Waals surface area (Å²) in [5.74, 6) is -0.220. The number of carbonyl (C=O) groups is 1. The number of nitrogen functional groups attached to an aromatic ring is 1. The highest BCUT2D eigenvalue weighted by Gasteiger charge is 2.25. The number of nitrogens with two attached hydrogens (primary N) is 1. The molecule has 33 heavy (non-hydrogen) atoms. The number of carbonyl (C=O) groups excluding carboxylic acids is 1. The Bertz CT molecular complexity index is 1250. The molecule has 0 aliphatic carbocycles. The number of hydrogen-bond acceptors (Lipinski definition) is 5. The average molecular weight is 453 g/mol. The van der Waals surface area contributed by atoms with Gasteiger partial charge in [0.15, 0.2) is 5.69 Å². The number of nitrogens with zero attached hydrogens (tertiary/aromatic N) is 4. The normalized spacial score (nSPS) is 11.2. The maximum Gasteiger partial charge on any atom is 0.330 e. The lowest BCUT2D eigenvalue weighted by molar-refractivity contribution is 0.0986. The van der Waals surface area contributed by atoms with Crippen molar-refractivity contribution in [3.05, 3.63) is 68.1 Å². The van der Waals surface area contributed by atoms with E-state index in [-0.39, 0.29) is 23.3 Å². The predicted molar refractivity (Wildman–Crippen MR) is 130 cm³/mol. The smallest absolute Gasteiger partial charge is 0.330 e. The molecular weight excluding hydrogens is 420 g/mol. The molecule has 0 saturated carbocycles. The molecule has 2 heterocycles. The Hall–Kier alpha value is -3.62. The second-order valence-electron chi connectivity index (χ2n) is 8.69. The number of nitrogens with one attached hydrogen (secondary N) is 1. The quantitative estimate of drug-likeness (QED) is 0.544. The molecule has 3 rings (SSSR count). The summed E-state index contributed by atoms with van der Waals surface area (Å²) >= 11 is 0. The summed E-state index contributed by atoms with van der Waals surface area (Å²) in [4.78, 5) is 42.3. The first-order valence-electron chi connectivity index (χ1n) is 11.2. The highest BCUT2D eigenvalue weighted by molar-refractivity contribution is 6.07. The predicted octanol–water partition coefficient (Wildman–Crippen LogP) is 3.02. The average Bonchev–Trinajstić information content (AvgIpc) is 3.10. The maximum absolute atomic E-state index is 13.5. The zero-order valence-electron chi connectivity index (χ0n) is 19.9. The minimum atomic E-state index is -0.666. The highest BCUT2D eigenvalue weighted by atomic mass is 16.2. The van der Waals surface area contributed by atoms with Crippen LogP contribution in [0.3, 0.4) is 0 Å². The molecule has 3 N–H and O–H groups in total.